The summed E-state index contributed by atoms with van der Waals surface area (Å²) in [6, 6.07) is 16.2. The smallest absolute Gasteiger partial charge is 0.196 e. The first kappa shape index (κ1) is 17.3. The number of rotatable bonds is 6. The standard InChI is InChI=1S/C21H22N4O2/c1-25(2)17(14-8-10-15(26-3)11-9-14)12-22-21-20-19(23-13-24-21)16-6-4-5-7-18(16)27-20/h4-11,13,17H,12H2,1-3H3,(H,22,23,24). The van der Waals surface area contributed by atoms with Gasteiger partial charge in [0.05, 0.1) is 13.2 Å². The fraction of sp³-hybridized carbons (Fsp3) is 0.238. The van der Waals surface area contributed by atoms with Crippen molar-refractivity contribution in [3.05, 3.63) is 60.4 Å². The van der Waals surface area contributed by atoms with Crippen molar-refractivity contribution in [2.45, 2.75) is 6.04 Å². The van der Waals surface area contributed by atoms with Crippen LogP contribution in [0.4, 0.5) is 5.82 Å². The number of nitrogens with one attached hydrogen (secondary N) is 1. The summed E-state index contributed by atoms with van der Waals surface area (Å²) in [6.45, 7) is 0.683. The Morgan fingerprint density at radius 2 is 1.85 bits per heavy atom. The number of hydrogen-bond acceptors (Lipinski definition) is 6. The molecule has 6 heteroatoms. The van der Waals surface area contributed by atoms with Crippen LogP contribution in [0.15, 0.2) is 59.3 Å². The molecule has 0 bridgehead atoms. The quantitative estimate of drug-likeness (QED) is 0.557. The van der Waals surface area contributed by atoms with Gasteiger partial charge in [0.25, 0.3) is 0 Å². The van der Waals surface area contributed by atoms with Crippen LogP contribution in [0.25, 0.3) is 22.1 Å². The second kappa shape index (κ2) is 7.25. The SMILES string of the molecule is COc1ccc(C(CNc2ncnc3c2oc2ccccc23)N(C)C)cc1. The van der Waals surface area contributed by atoms with Crippen LogP contribution in [0.5, 0.6) is 5.75 Å². The highest BCUT2D eigenvalue weighted by molar-refractivity contribution is 6.05. The first-order valence-corrected chi connectivity index (χ1v) is 8.84. The van der Waals surface area contributed by atoms with Crippen molar-refractivity contribution in [2.75, 3.05) is 33.1 Å². The van der Waals surface area contributed by atoms with E-state index in [-0.39, 0.29) is 6.04 Å². The molecule has 1 unspecified atom stereocenters. The van der Waals surface area contributed by atoms with Crippen LogP contribution in [0.2, 0.25) is 0 Å². The summed E-state index contributed by atoms with van der Waals surface area (Å²) < 4.78 is 11.3. The summed E-state index contributed by atoms with van der Waals surface area (Å²) in [4.78, 5) is 11.0. The molecule has 2 aromatic carbocycles. The highest BCUT2D eigenvalue weighted by Gasteiger charge is 2.17. The van der Waals surface area contributed by atoms with Gasteiger partial charge in [-0.1, -0.05) is 24.3 Å². The van der Waals surface area contributed by atoms with E-state index >= 15 is 0 Å². The second-order valence-corrected chi connectivity index (χ2v) is 6.63. The first-order chi connectivity index (χ1) is 13.2. The molecule has 0 aliphatic rings. The zero-order valence-corrected chi connectivity index (χ0v) is 15.6. The molecule has 2 aromatic heterocycles. The van der Waals surface area contributed by atoms with Crippen LogP contribution in [-0.2, 0) is 0 Å². The van der Waals surface area contributed by atoms with Crippen molar-refractivity contribution >= 4 is 27.9 Å². The van der Waals surface area contributed by atoms with Gasteiger partial charge >= 0.3 is 0 Å². The summed E-state index contributed by atoms with van der Waals surface area (Å²) in [6.07, 6.45) is 1.57. The average Bonchev–Trinajstić information content (AvgIpc) is 3.08. The number of ether oxygens (including phenoxy) is 1. The number of fused-ring (bicyclic) bond motifs is 3. The van der Waals surface area contributed by atoms with Crippen LogP contribution >= 0.6 is 0 Å². The second-order valence-electron chi connectivity index (χ2n) is 6.63. The van der Waals surface area contributed by atoms with E-state index in [1.807, 2.05) is 36.4 Å². The van der Waals surface area contributed by atoms with E-state index in [4.69, 9.17) is 9.15 Å². The molecule has 1 atom stereocenters. The Labute approximate surface area is 157 Å². The molecule has 0 aliphatic heterocycles. The van der Waals surface area contributed by atoms with E-state index in [1.54, 1.807) is 13.4 Å². The van der Waals surface area contributed by atoms with E-state index in [0.717, 1.165) is 22.2 Å². The van der Waals surface area contributed by atoms with E-state index in [9.17, 15) is 0 Å². The molecular weight excluding hydrogens is 340 g/mol. The highest BCUT2D eigenvalue weighted by Crippen LogP contribution is 2.31. The van der Waals surface area contributed by atoms with Gasteiger partial charge in [-0.15, -0.1) is 0 Å². The summed E-state index contributed by atoms with van der Waals surface area (Å²) in [5.74, 6) is 1.56. The third kappa shape index (κ3) is 3.31. The maximum atomic E-state index is 5.99. The van der Waals surface area contributed by atoms with Crippen LogP contribution < -0.4 is 10.1 Å². The Kier molecular flexibility index (Phi) is 4.64. The predicted octanol–water partition coefficient (Wildman–Crippen LogP) is 4.10. The Morgan fingerprint density at radius 1 is 1.07 bits per heavy atom. The van der Waals surface area contributed by atoms with E-state index in [2.05, 4.69) is 46.4 Å². The van der Waals surface area contributed by atoms with E-state index < -0.39 is 0 Å². The van der Waals surface area contributed by atoms with E-state index in [1.165, 1.54) is 5.56 Å². The normalized spacial score (nSPS) is 12.6. The number of likely N-dealkylation sites (N-methyl/N-ethyl adjacent to an activating group) is 1. The van der Waals surface area contributed by atoms with Crippen LogP contribution in [0, 0.1) is 0 Å². The number of benzene rings is 2. The topological polar surface area (TPSA) is 63.4 Å². The van der Waals surface area contributed by atoms with Gasteiger partial charge in [-0.3, -0.25) is 0 Å². The molecule has 0 saturated carbocycles. The minimum atomic E-state index is 0.172. The predicted molar refractivity (Wildman–Crippen MR) is 107 cm³/mol. The van der Waals surface area contributed by atoms with Crippen molar-refractivity contribution in [2.24, 2.45) is 0 Å². The molecule has 0 fully saturated rings. The van der Waals surface area contributed by atoms with Crippen LogP contribution in [-0.4, -0.2) is 42.6 Å². The Bertz CT molecular complexity index is 1060. The van der Waals surface area contributed by atoms with Crippen molar-refractivity contribution in [3.8, 4) is 5.75 Å². The molecule has 0 amide bonds. The molecule has 27 heavy (non-hydrogen) atoms. The van der Waals surface area contributed by atoms with Crippen molar-refractivity contribution in [1.29, 1.82) is 0 Å². The lowest BCUT2D eigenvalue weighted by atomic mass is 10.1. The molecule has 4 aromatic rings. The largest absolute Gasteiger partial charge is 0.497 e. The van der Waals surface area contributed by atoms with Gasteiger partial charge in [0.2, 0.25) is 0 Å². The van der Waals surface area contributed by atoms with E-state index in [0.29, 0.717) is 17.9 Å². The minimum absolute atomic E-state index is 0.172. The minimum Gasteiger partial charge on any atom is -0.497 e. The number of furan rings is 1. The molecule has 0 saturated heterocycles. The third-order valence-electron chi connectivity index (χ3n) is 4.74. The summed E-state index contributed by atoms with van der Waals surface area (Å²) in [5.41, 5.74) is 3.53. The molecule has 2 heterocycles. The monoisotopic (exact) mass is 362 g/mol. The zero-order chi connectivity index (χ0) is 18.8. The number of aromatic nitrogens is 2. The lowest BCUT2D eigenvalue weighted by molar-refractivity contribution is 0.311. The Morgan fingerprint density at radius 3 is 2.59 bits per heavy atom. The molecule has 0 spiro atoms. The Hall–Kier alpha value is -3.12. The van der Waals surface area contributed by atoms with Crippen molar-refractivity contribution in [1.82, 2.24) is 14.9 Å². The van der Waals surface area contributed by atoms with Gasteiger partial charge in [-0.25, -0.2) is 9.97 Å². The van der Waals surface area contributed by atoms with Crippen LogP contribution in [0.3, 0.4) is 0 Å². The van der Waals surface area contributed by atoms with Gasteiger partial charge in [0, 0.05) is 11.9 Å². The maximum Gasteiger partial charge on any atom is 0.196 e. The van der Waals surface area contributed by atoms with Crippen molar-refractivity contribution in [3.63, 3.8) is 0 Å². The highest BCUT2D eigenvalue weighted by atomic mass is 16.5. The van der Waals surface area contributed by atoms with Gasteiger partial charge in [-0.2, -0.15) is 0 Å². The summed E-state index contributed by atoms with van der Waals surface area (Å²) in [7, 11) is 5.80. The molecule has 0 aliphatic carbocycles. The molecule has 6 nitrogen and oxygen atoms in total. The van der Waals surface area contributed by atoms with Gasteiger partial charge in [-0.05, 0) is 43.9 Å². The Balaban J connectivity index is 1.62. The number of anilines is 1. The lowest BCUT2D eigenvalue weighted by Gasteiger charge is -2.25. The van der Waals surface area contributed by atoms with Gasteiger partial charge < -0.3 is 19.4 Å². The maximum absolute atomic E-state index is 5.99. The third-order valence-corrected chi connectivity index (χ3v) is 4.74. The average molecular weight is 362 g/mol. The first-order valence-electron chi connectivity index (χ1n) is 8.84. The fourth-order valence-corrected chi connectivity index (χ4v) is 3.27. The van der Waals surface area contributed by atoms with Gasteiger partial charge in [0.15, 0.2) is 11.4 Å². The number of para-hydroxylation sites is 1. The number of hydrogen-bond donors (Lipinski definition) is 1. The molecule has 0 radical (unpaired) electrons. The van der Waals surface area contributed by atoms with Crippen LogP contribution in [0.1, 0.15) is 11.6 Å². The van der Waals surface area contributed by atoms with Gasteiger partial charge in [0.1, 0.15) is 23.2 Å². The summed E-state index contributed by atoms with van der Waals surface area (Å²) >= 11 is 0. The number of nitrogens with zero attached hydrogens (tertiary/aromatic N) is 3. The molecule has 138 valence electrons. The molecule has 1 N–H and O–H groups in total. The fourth-order valence-electron chi connectivity index (χ4n) is 3.27. The summed E-state index contributed by atoms with van der Waals surface area (Å²) in [5, 5.41) is 4.44. The lowest BCUT2D eigenvalue weighted by Crippen LogP contribution is -2.27. The molecular formula is C21H22N4O2. The zero-order valence-electron chi connectivity index (χ0n) is 15.6. The molecule has 4 rings (SSSR count). The van der Waals surface area contributed by atoms with Crippen molar-refractivity contribution < 1.29 is 9.15 Å². The number of methoxy groups -OCH3 is 1.